The van der Waals surface area contributed by atoms with Crippen molar-refractivity contribution in [2.45, 2.75) is 25.9 Å². The lowest BCUT2D eigenvalue weighted by Crippen LogP contribution is -2.52. The number of piperazine rings is 1. The maximum atomic E-state index is 12.1. The first-order valence-electron chi connectivity index (χ1n) is 9.14. The van der Waals surface area contributed by atoms with Crippen LogP contribution in [0.4, 0.5) is 15.4 Å². The molecule has 2 aromatic rings. The third-order valence-electron chi connectivity index (χ3n) is 5.25. The van der Waals surface area contributed by atoms with Crippen LogP contribution in [0.15, 0.2) is 22.7 Å². The minimum atomic E-state index is -0.889. The highest BCUT2D eigenvalue weighted by Crippen LogP contribution is 2.29. The molecule has 148 valence electrons. The standard InChI is InChI=1S/C18H21N5O5/c1-11-9-22(18(26)27)7-6-21(11)10-12-2-3-14-13(8-12)16(20-28-14)23-5-4-15(24)19-17(23)25/h2-3,8,11H,4-7,9-10H2,1H3,(H,26,27)(H,19,24,25). The maximum Gasteiger partial charge on any atom is 0.407 e. The van der Waals surface area contributed by atoms with Crippen molar-refractivity contribution in [3.8, 4) is 0 Å². The number of hydrogen-bond donors (Lipinski definition) is 2. The van der Waals surface area contributed by atoms with E-state index in [1.807, 2.05) is 25.1 Å². The van der Waals surface area contributed by atoms with E-state index >= 15 is 0 Å². The number of rotatable bonds is 3. The first kappa shape index (κ1) is 18.2. The van der Waals surface area contributed by atoms with Gasteiger partial charge in [-0.2, -0.15) is 0 Å². The van der Waals surface area contributed by atoms with Gasteiger partial charge < -0.3 is 14.5 Å². The monoisotopic (exact) mass is 387 g/mol. The fourth-order valence-corrected chi connectivity index (χ4v) is 3.67. The molecule has 1 aromatic carbocycles. The van der Waals surface area contributed by atoms with Gasteiger partial charge in [-0.25, -0.2) is 9.59 Å². The van der Waals surface area contributed by atoms with E-state index < -0.39 is 12.1 Å². The second kappa shape index (κ2) is 7.12. The quantitative estimate of drug-likeness (QED) is 0.818. The van der Waals surface area contributed by atoms with Gasteiger partial charge in [0, 0.05) is 45.2 Å². The Labute approximate surface area is 160 Å². The molecule has 1 aromatic heterocycles. The van der Waals surface area contributed by atoms with Crippen molar-refractivity contribution in [1.29, 1.82) is 0 Å². The van der Waals surface area contributed by atoms with Gasteiger partial charge in [-0.1, -0.05) is 11.2 Å². The molecule has 2 aliphatic rings. The van der Waals surface area contributed by atoms with Gasteiger partial charge in [0.25, 0.3) is 0 Å². The summed E-state index contributed by atoms with van der Waals surface area (Å²) in [6.07, 6.45) is -0.675. The van der Waals surface area contributed by atoms with Crippen LogP contribution in [0, 0.1) is 0 Å². The molecule has 3 heterocycles. The highest BCUT2D eigenvalue weighted by Gasteiger charge is 2.29. The Kier molecular flexibility index (Phi) is 4.63. The molecular formula is C18H21N5O5. The molecule has 0 spiro atoms. The number of nitrogens with zero attached hydrogens (tertiary/aromatic N) is 4. The normalized spacial score (nSPS) is 21.2. The molecule has 4 rings (SSSR count). The van der Waals surface area contributed by atoms with Gasteiger partial charge in [-0.05, 0) is 24.6 Å². The van der Waals surface area contributed by atoms with Gasteiger partial charge in [0.1, 0.15) is 0 Å². The summed E-state index contributed by atoms with van der Waals surface area (Å²) in [7, 11) is 0. The predicted octanol–water partition coefficient (Wildman–Crippen LogP) is 1.46. The van der Waals surface area contributed by atoms with Gasteiger partial charge in [0.15, 0.2) is 11.4 Å². The molecule has 2 N–H and O–H groups in total. The lowest BCUT2D eigenvalue weighted by atomic mass is 10.1. The number of imide groups is 1. The van der Waals surface area contributed by atoms with Crippen molar-refractivity contribution in [2.24, 2.45) is 0 Å². The zero-order valence-electron chi connectivity index (χ0n) is 15.4. The van der Waals surface area contributed by atoms with Crippen LogP contribution in [0.3, 0.4) is 0 Å². The zero-order valence-corrected chi connectivity index (χ0v) is 15.4. The molecule has 2 aliphatic heterocycles. The van der Waals surface area contributed by atoms with E-state index in [1.165, 1.54) is 9.80 Å². The topological polar surface area (TPSA) is 119 Å². The molecule has 0 saturated carbocycles. The highest BCUT2D eigenvalue weighted by molar-refractivity contribution is 6.08. The van der Waals surface area contributed by atoms with Crippen LogP contribution in [0.2, 0.25) is 0 Å². The number of carbonyl (C=O) groups excluding carboxylic acids is 2. The number of amides is 4. The fraction of sp³-hybridized carbons (Fsp3) is 0.444. The highest BCUT2D eigenvalue weighted by atomic mass is 16.5. The summed E-state index contributed by atoms with van der Waals surface area (Å²) in [6, 6.07) is 5.28. The van der Waals surface area contributed by atoms with E-state index in [9.17, 15) is 14.4 Å². The second-order valence-corrected chi connectivity index (χ2v) is 7.14. The van der Waals surface area contributed by atoms with Crippen LogP contribution >= 0.6 is 0 Å². The Balaban J connectivity index is 1.54. The minimum absolute atomic E-state index is 0.0985. The SMILES string of the molecule is CC1CN(C(=O)O)CCN1Cc1ccc2onc(N3CCC(=O)NC3=O)c2c1. The van der Waals surface area contributed by atoms with Gasteiger partial charge >= 0.3 is 12.1 Å². The Morgan fingerprint density at radius 1 is 1.32 bits per heavy atom. The number of benzene rings is 1. The van der Waals surface area contributed by atoms with Crippen molar-refractivity contribution in [2.75, 3.05) is 31.1 Å². The van der Waals surface area contributed by atoms with Gasteiger partial charge in [-0.3, -0.25) is 19.9 Å². The molecule has 1 atom stereocenters. The average molecular weight is 387 g/mol. The maximum absolute atomic E-state index is 12.1. The number of nitrogens with one attached hydrogen (secondary N) is 1. The van der Waals surface area contributed by atoms with Crippen LogP contribution < -0.4 is 10.2 Å². The third-order valence-corrected chi connectivity index (χ3v) is 5.25. The first-order valence-corrected chi connectivity index (χ1v) is 9.14. The molecule has 0 aliphatic carbocycles. The Morgan fingerprint density at radius 3 is 2.86 bits per heavy atom. The van der Waals surface area contributed by atoms with Crippen molar-refractivity contribution in [1.82, 2.24) is 20.3 Å². The van der Waals surface area contributed by atoms with Crippen molar-refractivity contribution >= 4 is 34.8 Å². The zero-order chi connectivity index (χ0) is 19.8. The van der Waals surface area contributed by atoms with Crippen LogP contribution in [0.1, 0.15) is 18.9 Å². The van der Waals surface area contributed by atoms with E-state index in [-0.39, 0.29) is 24.9 Å². The Morgan fingerprint density at radius 2 is 2.14 bits per heavy atom. The van der Waals surface area contributed by atoms with Gasteiger partial charge in [-0.15, -0.1) is 0 Å². The molecule has 4 amide bonds. The average Bonchev–Trinajstić information content (AvgIpc) is 3.06. The van der Waals surface area contributed by atoms with Crippen LogP contribution in [0.5, 0.6) is 0 Å². The van der Waals surface area contributed by atoms with E-state index in [0.717, 1.165) is 5.56 Å². The molecule has 1 unspecified atom stereocenters. The molecule has 28 heavy (non-hydrogen) atoms. The van der Waals surface area contributed by atoms with Gasteiger partial charge in [0.05, 0.1) is 5.39 Å². The number of carboxylic acid groups (broad SMARTS) is 1. The number of fused-ring (bicyclic) bond motifs is 1. The Hall–Kier alpha value is -3.14. The third kappa shape index (κ3) is 3.38. The summed E-state index contributed by atoms with van der Waals surface area (Å²) < 4.78 is 5.34. The van der Waals surface area contributed by atoms with Gasteiger partial charge in [0.2, 0.25) is 5.91 Å². The molecule has 10 nitrogen and oxygen atoms in total. The molecule has 2 saturated heterocycles. The lowest BCUT2D eigenvalue weighted by Gasteiger charge is -2.38. The van der Waals surface area contributed by atoms with E-state index in [4.69, 9.17) is 9.63 Å². The van der Waals surface area contributed by atoms with E-state index in [0.29, 0.717) is 43.0 Å². The second-order valence-electron chi connectivity index (χ2n) is 7.14. The van der Waals surface area contributed by atoms with E-state index in [2.05, 4.69) is 15.4 Å². The molecule has 2 fully saturated rings. The Bertz CT molecular complexity index is 942. The smallest absolute Gasteiger partial charge is 0.407 e. The summed E-state index contributed by atoms with van der Waals surface area (Å²) in [5.74, 6) is 0.0924. The molecule has 0 radical (unpaired) electrons. The molecule has 10 heteroatoms. The summed E-state index contributed by atoms with van der Waals surface area (Å²) in [5.41, 5.74) is 1.58. The van der Waals surface area contributed by atoms with Crippen molar-refractivity contribution < 1.29 is 24.0 Å². The summed E-state index contributed by atoms with van der Waals surface area (Å²) in [6.45, 7) is 4.51. The number of hydrogen-bond acceptors (Lipinski definition) is 6. The van der Waals surface area contributed by atoms with Crippen LogP contribution in [-0.4, -0.2) is 70.3 Å². The van der Waals surface area contributed by atoms with E-state index in [1.54, 1.807) is 0 Å². The van der Waals surface area contributed by atoms with Crippen molar-refractivity contribution in [3.05, 3.63) is 23.8 Å². The fourth-order valence-electron chi connectivity index (χ4n) is 3.67. The summed E-state index contributed by atoms with van der Waals surface area (Å²) in [5, 5.41) is 16.2. The number of aromatic nitrogens is 1. The molecular weight excluding hydrogens is 366 g/mol. The van der Waals surface area contributed by atoms with Crippen LogP contribution in [0.25, 0.3) is 11.0 Å². The number of anilines is 1. The summed E-state index contributed by atoms with van der Waals surface area (Å²) in [4.78, 5) is 39.7. The van der Waals surface area contributed by atoms with Crippen molar-refractivity contribution in [3.63, 3.8) is 0 Å². The lowest BCUT2D eigenvalue weighted by molar-refractivity contribution is -0.120. The summed E-state index contributed by atoms with van der Waals surface area (Å²) >= 11 is 0. The number of carbonyl (C=O) groups is 3. The minimum Gasteiger partial charge on any atom is -0.465 e. The largest absolute Gasteiger partial charge is 0.465 e. The predicted molar refractivity (Wildman–Crippen MR) is 99.0 cm³/mol. The first-order chi connectivity index (χ1) is 13.4. The molecule has 0 bridgehead atoms. The number of urea groups is 1. The van der Waals surface area contributed by atoms with Crippen LogP contribution in [-0.2, 0) is 11.3 Å².